The van der Waals surface area contributed by atoms with Gasteiger partial charge in [-0.1, -0.05) is 48.5 Å². The van der Waals surface area contributed by atoms with Crippen LogP contribution in [-0.2, 0) is 12.4 Å². The zero-order valence-corrected chi connectivity index (χ0v) is 23.3. The molecule has 0 spiro atoms. The summed E-state index contributed by atoms with van der Waals surface area (Å²) in [4.78, 5) is 7.40. The van der Waals surface area contributed by atoms with Crippen LogP contribution in [0.5, 0.6) is 0 Å². The van der Waals surface area contributed by atoms with Gasteiger partial charge in [0.2, 0.25) is 6.19 Å². The molecule has 0 fully saturated rings. The molecule has 7 rings (SSSR count). The number of hydrogen-bond donors (Lipinski definition) is 0. The van der Waals surface area contributed by atoms with Crippen molar-refractivity contribution in [2.75, 3.05) is 0 Å². The molecule has 0 aromatic heterocycles. The van der Waals surface area contributed by atoms with Gasteiger partial charge in [0.15, 0.2) is 5.36 Å². The van der Waals surface area contributed by atoms with Crippen molar-refractivity contribution in [2.24, 2.45) is 10.1 Å². The van der Waals surface area contributed by atoms with E-state index in [1.165, 1.54) is 24.3 Å². The molecule has 0 heterocycles. The van der Waals surface area contributed by atoms with Crippen molar-refractivity contribution in [3.63, 3.8) is 0 Å². The highest BCUT2D eigenvalue weighted by atomic mass is 19.4. The molecule has 0 bridgehead atoms. The molecule has 7 aromatic rings. The van der Waals surface area contributed by atoms with Crippen LogP contribution in [-0.4, -0.2) is 0 Å². The monoisotopic (exact) mass is 618 g/mol. The van der Waals surface area contributed by atoms with Gasteiger partial charge in [0, 0.05) is 21.5 Å². The first kappa shape index (κ1) is 28.8. The van der Waals surface area contributed by atoms with E-state index in [1.54, 1.807) is 24.3 Å². The summed E-state index contributed by atoms with van der Waals surface area (Å²) < 4.78 is 78.6. The highest BCUT2D eigenvalue weighted by Crippen LogP contribution is 2.37. The highest BCUT2D eigenvalue weighted by molar-refractivity contribution is 6.21. The standard InChI is InChI=1S/C36H16F6N4/c1-44-46-34-30-15-22(20-4-10-24(11-5-20)36(40,41)42)7-13-26(30)28-16-31-27(17-32(28)34)25-12-6-21(14-29(25)33(31)45-18-43)19-2-8-23(9-3-19)35(37,38)39/h2-17H/b45-33?,46-34-. The maximum atomic E-state index is 13.1. The van der Waals surface area contributed by atoms with Gasteiger partial charge in [0.25, 0.3) is 0 Å². The van der Waals surface area contributed by atoms with Crippen LogP contribution in [0.1, 0.15) is 11.1 Å². The molecule has 0 amide bonds. The fraction of sp³-hybridized carbons (Fsp3) is 0.0556. The first-order valence-corrected chi connectivity index (χ1v) is 13.7. The van der Waals surface area contributed by atoms with Crippen molar-refractivity contribution in [3.8, 4) is 28.4 Å². The Balaban J connectivity index is 1.44. The maximum absolute atomic E-state index is 13.1. The largest absolute Gasteiger partial charge is 0.416 e. The van der Waals surface area contributed by atoms with Gasteiger partial charge in [-0.25, -0.2) is 0 Å². The van der Waals surface area contributed by atoms with Gasteiger partial charge < -0.3 is 0 Å². The van der Waals surface area contributed by atoms with E-state index in [0.29, 0.717) is 54.5 Å². The molecule has 222 valence electrons. The summed E-state index contributed by atoms with van der Waals surface area (Å²) in [6, 6.07) is 24.2. The fourth-order valence-electron chi connectivity index (χ4n) is 6.07. The van der Waals surface area contributed by atoms with Crippen LogP contribution in [0.2, 0.25) is 0 Å². The summed E-state index contributed by atoms with van der Waals surface area (Å²) in [5.74, 6) is 0. The van der Waals surface area contributed by atoms with Crippen molar-refractivity contribution in [2.45, 2.75) is 12.4 Å². The first-order chi connectivity index (χ1) is 22.0. The van der Waals surface area contributed by atoms with Gasteiger partial charge in [-0.2, -0.15) is 43.2 Å². The third kappa shape index (κ3) is 4.63. The van der Waals surface area contributed by atoms with Crippen LogP contribution in [0.3, 0.4) is 0 Å². The van der Waals surface area contributed by atoms with Crippen molar-refractivity contribution in [1.29, 1.82) is 5.26 Å². The third-order valence-corrected chi connectivity index (χ3v) is 8.20. The van der Waals surface area contributed by atoms with Crippen molar-refractivity contribution < 1.29 is 26.3 Å². The molecule has 0 radical (unpaired) electrons. The normalized spacial score (nSPS) is 13.2. The summed E-state index contributed by atoms with van der Waals surface area (Å²) in [6.07, 6.45) is -7.05. The minimum Gasteiger partial charge on any atom is -0.181 e. The Bertz CT molecular complexity index is 2370. The quantitative estimate of drug-likeness (QED) is 0.0824. The summed E-state index contributed by atoms with van der Waals surface area (Å²) in [7, 11) is 0. The molecular weight excluding hydrogens is 602 g/mol. The van der Waals surface area contributed by atoms with Crippen LogP contribution in [0.15, 0.2) is 107 Å². The number of benzene rings is 5. The minimum atomic E-state index is -4.46. The van der Waals surface area contributed by atoms with Gasteiger partial charge >= 0.3 is 12.4 Å². The van der Waals surface area contributed by atoms with E-state index < -0.39 is 23.5 Å². The van der Waals surface area contributed by atoms with E-state index in [1.807, 2.05) is 30.5 Å². The SMILES string of the molecule is [C-]#[N+]/N=c1/c2cc(-c3ccc(C(F)(F)F)cc3)ccc2c2cc3c(=NC#N)c4cc(-c5ccc(C(F)(F)F)cc5)ccc4c3cc12. The molecule has 0 aliphatic carbocycles. The van der Waals surface area contributed by atoms with Gasteiger partial charge in [-0.05, 0) is 92.3 Å². The Morgan fingerprint density at radius 1 is 0.500 bits per heavy atom. The van der Waals surface area contributed by atoms with Crippen LogP contribution in [0, 0.1) is 18.0 Å². The van der Waals surface area contributed by atoms with Gasteiger partial charge in [-0.3, -0.25) is 0 Å². The third-order valence-electron chi connectivity index (χ3n) is 8.20. The van der Waals surface area contributed by atoms with E-state index in [4.69, 9.17) is 6.57 Å². The second-order valence-corrected chi connectivity index (χ2v) is 10.7. The van der Waals surface area contributed by atoms with Gasteiger partial charge in [-0.15, -0.1) is 4.95 Å². The van der Waals surface area contributed by atoms with E-state index in [-0.39, 0.29) is 0 Å². The zero-order chi connectivity index (χ0) is 32.4. The van der Waals surface area contributed by atoms with Crippen molar-refractivity contribution in [3.05, 3.63) is 130 Å². The van der Waals surface area contributed by atoms with E-state index in [2.05, 4.69) is 15.0 Å². The fourth-order valence-corrected chi connectivity index (χ4v) is 6.07. The van der Waals surface area contributed by atoms with Crippen molar-refractivity contribution in [1.82, 2.24) is 0 Å². The molecule has 0 saturated carbocycles. The summed E-state index contributed by atoms with van der Waals surface area (Å²) in [6.45, 7) is 7.47. The maximum Gasteiger partial charge on any atom is 0.416 e. The smallest absolute Gasteiger partial charge is 0.181 e. The second-order valence-electron chi connectivity index (χ2n) is 10.7. The first-order valence-electron chi connectivity index (χ1n) is 13.7. The lowest BCUT2D eigenvalue weighted by Crippen LogP contribution is -2.04. The number of hydrogen-bond acceptors (Lipinski definition) is 3. The average molecular weight is 619 g/mol. The highest BCUT2D eigenvalue weighted by Gasteiger charge is 2.31. The Morgan fingerprint density at radius 3 is 1.30 bits per heavy atom. The molecule has 7 aromatic carbocycles. The molecule has 0 aliphatic heterocycles. The summed E-state index contributed by atoms with van der Waals surface area (Å²) >= 11 is 0. The van der Waals surface area contributed by atoms with Gasteiger partial charge in [0.1, 0.15) is 0 Å². The minimum absolute atomic E-state index is 0.405. The van der Waals surface area contributed by atoms with E-state index in [9.17, 15) is 31.6 Å². The van der Waals surface area contributed by atoms with Crippen LogP contribution < -0.4 is 10.7 Å². The van der Waals surface area contributed by atoms with Crippen LogP contribution in [0.25, 0.3) is 70.3 Å². The van der Waals surface area contributed by atoms with E-state index in [0.717, 1.165) is 45.8 Å². The average Bonchev–Trinajstić information content (AvgIpc) is 3.50. The van der Waals surface area contributed by atoms with Gasteiger partial charge in [0.05, 0.1) is 21.6 Å². The predicted octanol–water partition coefficient (Wildman–Crippen LogP) is 9.66. The molecule has 46 heavy (non-hydrogen) atoms. The number of nitriles is 1. The number of alkyl halides is 6. The van der Waals surface area contributed by atoms with Crippen LogP contribution >= 0.6 is 0 Å². The molecule has 0 aliphatic rings. The Kier molecular flexibility index (Phi) is 6.43. The zero-order valence-electron chi connectivity index (χ0n) is 23.3. The second kappa shape index (κ2) is 10.3. The number of halogens is 6. The molecule has 4 nitrogen and oxygen atoms in total. The molecule has 0 atom stereocenters. The Labute approximate surface area is 255 Å². The van der Waals surface area contributed by atoms with Crippen LogP contribution in [0.4, 0.5) is 26.3 Å². The topological polar surface area (TPSA) is 52.9 Å². The number of fused-ring (bicyclic) bond motifs is 6. The lowest BCUT2D eigenvalue weighted by atomic mass is 10.0. The molecular formula is C36H16F6N4. The van der Waals surface area contributed by atoms with Crippen molar-refractivity contribution >= 4 is 43.1 Å². The summed E-state index contributed by atoms with van der Waals surface area (Å²) in [5, 5.41) is 20.1. The molecule has 10 heteroatoms. The lowest BCUT2D eigenvalue weighted by Gasteiger charge is -2.08. The summed E-state index contributed by atoms with van der Waals surface area (Å²) in [5.41, 5.74) is 0.923. The van der Waals surface area contributed by atoms with E-state index >= 15 is 0 Å². The molecule has 0 saturated heterocycles. The number of nitrogens with zero attached hydrogens (tertiary/aromatic N) is 4. The Hall–Kier alpha value is -6.00. The Morgan fingerprint density at radius 2 is 0.891 bits per heavy atom. The predicted molar refractivity (Wildman–Crippen MR) is 163 cm³/mol. The molecule has 0 unspecified atom stereocenters. The lowest BCUT2D eigenvalue weighted by molar-refractivity contribution is -0.138. The molecule has 0 N–H and O–H groups in total. The number of rotatable bonds is 2.